The molecule has 1 aliphatic heterocycles. The highest BCUT2D eigenvalue weighted by molar-refractivity contribution is 5.84. The van der Waals surface area contributed by atoms with Gasteiger partial charge in [0.15, 0.2) is 17.3 Å². The van der Waals surface area contributed by atoms with Crippen LogP contribution in [-0.4, -0.2) is 78.8 Å². The van der Waals surface area contributed by atoms with Crippen LogP contribution in [0.3, 0.4) is 0 Å². The lowest BCUT2D eigenvalue weighted by atomic mass is 10.1. The zero-order valence-corrected chi connectivity index (χ0v) is 21.8. The van der Waals surface area contributed by atoms with Crippen LogP contribution < -0.4 is 14.4 Å². The van der Waals surface area contributed by atoms with E-state index < -0.39 is 0 Å². The van der Waals surface area contributed by atoms with Crippen LogP contribution in [0.1, 0.15) is 25.5 Å². The Hall–Kier alpha value is -4.14. The van der Waals surface area contributed by atoms with Crippen molar-refractivity contribution >= 4 is 17.6 Å². The summed E-state index contributed by atoms with van der Waals surface area (Å²) in [5, 5.41) is 8.83. The van der Waals surface area contributed by atoms with E-state index in [2.05, 4.69) is 15.1 Å². The Labute approximate surface area is 217 Å². The summed E-state index contributed by atoms with van der Waals surface area (Å²) in [6.07, 6.45) is 0. The minimum Gasteiger partial charge on any atom is -0.493 e. The molecule has 1 atom stereocenters. The number of anilines is 1. The highest BCUT2D eigenvalue weighted by Gasteiger charge is 2.27. The Morgan fingerprint density at radius 2 is 1.62 bits per heavy atom. The van der Waals surface area contributed by atoms with Crippen LogP contribution >= 0.6 is 0 Å². The van der Waals surface area contributed by atoms with Crippen molar-refractivity contribution in [2.24, 2.45) is 0 Å². The maximum Gasteiger partial charge on any atom is 0.242 e. The summed E-state index contributed by atoms with van der Waals surface area (Å²) in [7, 11) is 3.20. The Kier molecular flexibility index (Phi) is 8.22. The molecule has 37 heavy (non-hydrogen) atoms. The first kappa shape index (κ1) is 25.9. The van der Waals surface area contributed by atoms with Gasteiger partial charge >= 0.3 is 0 Å². The van der Waals surface area contributed by atoms with Crippen LogP contribution in [0.4, 0.5) is 5.82 Å². The van der Waals surface area contributed by atoms with E-state index in [0.29, 0.717) is 37.7 Å². The van der Waals surface area contributed by atoms with E-state index in [4.69, 9.17) is 9.47 Å². The van der Waals surface area contributed by atoms with Crippen LogP contribution in [0, 0.1) is 0 Å². The molecular formula is C28H33N5O4. The van der Waals surface area contributed by atoms with Gasteiger partial charge in [0.05, 0.1) is 26.0 Å². The lowest BCUT2D eigenvalue weighted by Crippen LogP contribution is -2.52. The summed E-state index contributed by atoms with van der Waals surface area (Å²) < 4.78 is 10.7. The molecule has 2 amide bonds. The normalized spacial score (nSPS) is 14.2. The van der Waals surface area contributed by atoms with Gasteiger partial charge in [0, 0.05) is 38.7 Å². The molecule has 0 bridgehead atoms. The van der Waals surface area contributed by atoms with Gasteiger partial charge in [-0.2, -0.15) is 0 Å². The molecule has 2 aromatic carbocycles. The van der Waals surface area contributed by atoms with E-state index in [1.165, 1.54) is 6.92 Å². The zero-order chi connectivity index (χ0) is 26.4. The molecule has 0 aliphatic carbocycles. The van der Waals surface area contributed by atoms with Gasteiger partial charge in [-0.1, -0.05) is 30.3 Å². The second kappa shape index (κ2) is 11.7. The van der Waals surface area contributed by atoms with Crippen LogP contribution in [0.5, 0.6) is 11.5 Å². The van der Waals surface area contributed by atoms with Crippen LogP contribution in [0.15, 0.2) is 60.7 Å². The highest BCUT2D eigenvalue weighted by atomic mass is 16.5. The van der Waals surface area contributed by atoms with E-state index in [1.54, 1.807) is 19.1 Å². The first-order valence-electron chi connectivity index (χ1n) is 12.3. The Morgan fingerprint density at radius 1 is 0.919 bits per heavy atom. The molecule has 3 aromatic rings. The second-order valence-corrected chi connectivity index (χ2v) is 8.95. The third-order valence-corrected chi connectivity index (χ3v) is 6.75. The van der Waals surface area contributed by atoms with Gasteiger partial charge in [-0.05, 0) is 42.8 Å². The molecule has 1 fully saturated rings. The molecule has 9 heteroatoms. The maximum absolute atomic E-state index is 13.1. The molecule has 0 N–H and O–H groups in total. The summed E-state index contributed by atoms with van der Waals surface area (Å²) >= 11 is 0. The van der Waals surface area contributed by atoms with E-state index in [0.717, 1.165) is 22.6 Å². The summed E-state index contributed by atoms with van der Waals surface area (Å²) in [4.78, 5) is 30.9. The molecule has 9 nitrogen and oxygen atoms in total. The zero-order valence-electron chi connectivity index (χ0n) is 21.8. The molecule has 4 rings (SSSR count). The quantitative estimate of drug-likeness (QED) is 0.465. The summed E-state index contributed by atoms with van der Waals surface area (Å²) in [6.45, 7) is 5.92. The third kappa shape index (κ3) is 5.99. The molecule has 2 heterocycles. The molecule has 194 valence electrons. The van der Waals surface area contributed by atoms with Crippen molar-refractivity contribution in [1.82, 2.24) is 20.0 Å². The van der Waals surface area contributed by atoms with E-state index in [-0.39, 0.29) is 24.4 Å². The maximum atomic E-state index is 13.1. The third-order valence-electron chi connectivity index (χ3n) is 6.75. The average Bonchev–Trinajstić information content (AvgIpc) is 2.95. The monoisotopic (exact) mass is 503 g/mol. The summed E-state index contributed by atoms with van der Waals surface area (Å²) in [6, 6.07) is 19.1. The smallest absolute Gasteiger partial charge is 0.242 e. The largest absolute Gasteiger partial charge is 0.493 e. The standard InChI is InChI=1S/C28H33N5O4/c1-20(22-8-6-5-7-9-22)33(21(2)34)19-28(35)32-16-14-31(15-17-32)27-13-11-24(29-30-27)23-10-12-25(36-3)26(18-23)37-4/h5-13,18,20H,14-17,19H2,1-4H3/t20-/m1/s1. The molecule has 1 saturated heterocycles. The minimum absolute atomic E-state index is 0.0486. The van der Waals surface area contributed by atoms with Gasteiger partial charge in [-0.25, -0.2) is 0 Å². The van der Waals surface area contributed by atoms with Gasteiger partial charge in [0.1, 0.15) is 6.54 Å². The number of methoxy groups -OCH3 is 2. The first-order chi connectivity index (χ1) is 17.9. The number of nitrogens with zero attached hydrogens (tertiary/aromatic N) is 5. The topological polar surface area (TPSA) is 88.1 Å². The van der Waals surface area contributed by atoms with Gasteiger partial charge in [0.25, 0.3) is 0 Å². The fraction of sp³-hybridized carbons (Fsp3) is 0.357. The van der Waals surface area contributed by atoms with Crippen LogP contribution in [0.25, 0.3) is 11.3 Å². The van der Waals surface area contributed by atoms with E-state index >= 15 is 0 Å². The van der Waals surface area contributed by atoms with Crippen molar-refractivity contribution in [2.75, 3.05) is 51.8 Å². The van der Waals surface area contributed by atoms with Crippen LogP contribution in [0.2, 0.25) is 0 Å². The first-order valence-corrected chi connectivity index (χ1v) is 12.3. The summed E-state index contributed by atoms with van der Waals surface area (Å²) in [5.74, 6) is 1.89. The fourth-order valence-electron chi connectivity index (χ4n) is 4.51. The Bertz CT molecular complexity index is 1210. The van der Waals surface area contributed by atoms with Crippen molar-refractivity contribution in [3.63, 3.8) is 0 Å². The molecule has 1 aliphatic rings. The van der Waals surface area contributed by atoms with Gasteiger partial charge in [0.2, 0.25) is 11.8 Å². The number of hydrogen-bond donors (Lipinski definition) is 0. The number of rotatable bonds is 8. The lowest BCUT2D eigenvalue weighted by Gasteiger charge is -2.37. The number of ether oxygens (including phenoxy) is 2. The van der Waals surface area contributed by atoms with Crippen LogP contribution in [-0.2, 0) is 9.59 Å². The average molecular weight is 504 g/mol. The number of carbonyl (C=O) groups excluding carboxylic acids is 2. The number of benzene rings is 2. The van der Waals surface area contributed by atoms with Crippen molar-refractivity contribution in [3.8, 4) is 22.8 Å². The van der Waals surface area contributed by atoms with E-state index in [9.17, 15) is 9.59 Å². The number of aromatic nitrogens is 2. The predicted octanol–water partition coefficient (Wildman–Crippen LogP) is 3.42. The second-order valence-electron chi connectivity index (χ2n) is 8.95. The lowest BCUT2D eigenvalue weighted by molar-refractivity contribution is -0.141. The van der Waals surface area contributed by atoms with Crippen molar-refractivity contribution in [1.29, 1.82) is 0 Å². The van der Waals surface area contributed by atoms with Gasteiger partial charge < -0.3 is 24.2 Å². The molecule has 0 saturated carbocycles. The molecule has 0 spiro atoms. The number of amides is 2. The number of piperazine rings is 1. The predicted molar refractivity (Wildman–Crippen MR) is 142 cm³/mol. The Balaban J connectivity index is 1.35. The molecule has 0 radical (unpaired) electrons. The number of carbonyl (C=O) groups is 2. The SMILES string of the molecule is COc1ccc(-c2ccc(N3CCN(C(=O)CN(C(C)=O)[C@H](C)c4ccccc4)CC3)nn2)cc1OC. The summed E-state index contributed by atoms with van der Waals surface area (Å²) in [5.41, 5.74) is 2.62. The van der Waals surface area contributed by atoms with Gasteiger partial charge in [-0.15, -0.1) is 10.2 Å². The highest BCUT2D eigenvalue weighted by Crippen LogP contribution is 2.31. The van der Waals surface area contributed by atoms with E-state index in [1.807, 2.05) is 72.5 Å². The van der Waals surface area contributed by atoms with Crippen molar-refractivity contribution in [3.05, 3.63) is 66.2 Å². The Morgan fingerprint density at radius 3 is 2.22 bits per heavy atom. The van der Waals surface area contributed by atoms with Crippen molar-refractivity contribution < 1.29 is 19.1 Å². The molecule has 0 unspecified atom stereocenters. The molecular weight excluding hydrogens is 470 g/mol. The number of hydrogen-bond acceptors (Lipinski definition) is 7. The minimum atomic E-state index is -0.177. The molecule has 1 aromatic heterocycles. The fourth-order valence-corrected chi connectivity index (χ4v) is 4.51. The van der Waals surface area contributed by atoms with Gasteiger partial charge in [-0.3, -0.25) is 9.59 Å². The van der Waals surface area contributed by atoms with Crippen molar-refractivity contribution in [2.45, 2.75) is 19.9 Å².